The van der Waals surface area contributed by atoms with Gasteiger partial charge in [-0.3, -0.25) is 9.59 Å². The lowest BCUT2D eigenvalue weighted by atomic mass is 9.87. The molecule has 2 aromatic carbocycles. The van der Waals surface area contributed by atoms with E-state index in [2.05, 4.69) is 24.3 Å². The van der Waals surface area contributed by atoms with Crippen molar-refractivity contribution in [2.45, 2.75) is 19.8 Å². The molecule has 3 rings (SSSR count). The predicted molar refractivity (Wildman–Crippen MR) is 108 cm³/mol. The van der Waals surface area contributed by atoms with Gasteiger partial charge in [0, 0.05) is 43.2 Å². The van der Waals surface area contributed by atoms with Gasteiger partial charge in [0.05, 0.1) is 5.92 Å². The Labute approximate surface area is 165 Å². The van der Waals surface area contributed by atoms with E-state index in [1.165, 1.54) is 5.56 Å². The fourth-order valence-electron chi connectivity index (χ4n) is 3.59. The van der Waals surface area contributed by atoms with Crippen LogP contribution in [0.3, 0.4) is 0 Å². The van der Waals surface area contributed by atoms with Crippen LogP contribution in [0.25, 0.3) is 0 Å². The monoisotopic (exact) mass is 384 g/mol. The van der Waals surface area contributed by atoms with E-state index in [0.717, 1.165) is 5.56 Å². The topological polar surface area (TPSA) is 40.6 Å². The van der Waals surface area contributed by atoms with Crippen LogP contribution in [0.5, 0.6) is 0 Å². The third kappa shape index (κ3) is 4.16. The third-order valence-corrected chi connectivity index (χ3v) is 5.62. The fraction of sp³-hybridized carbons (Fsp3) is 0.364. The maximum Gasteiger partial charge on any atom is 0.253 e. The minimum Gasteiger partial charge on any atom is -0.346 e. The lowest BCUT2D eigenvalue weighted by molar-refractivity contribution is -0.133. The van der Waals surface area contributed by atoms with Gasteiger partial charge in [0.25, 0.3) is 5.91 Å². The van der Waals surface area contributed by atoms with E-state index in [1.807, 2.05) is 20.9 Å². The number of halogens is 1. The first-order valence-corrected chi connectivity index (χ1v) is 9.65. The molecule has 0 unspecified atom stereocenters. The minimum absolute atomic E-state index is 0.00310. The van der Waals surface area contributed by atoms with Crippen LogP contribution in [-0.4, -0.2) is 48.3 Å². The van der Waals surface area contributed by atoms with Gasteiger partial charge >= 0.3 is 0 Å². The first-order valence-electron chi connectivity index (χ1n) is 9.27. The highest BCUT2D eigenvalue weighted by Crippen LogP contribution is 2.35. The standard InChI is InChI=1S/C22H25ClN2O2/c1-4-24(3)22(27)20-14-25(21(26)17-9-11-18(23)12-10-17)13-19(20)16-7-5-15(2)6-8-16/h5-12,19-20H,4,13-14H2,1-3H3/t19-,20-/m0/s1. The maximum absolute atomic E-state index is 13.0. The van der Waals surface area contributed by atoms with Crippen molar-refractivity contribution in [1.82, 2.24) is 9.80 Å². The second-order valence-corrected chi connectivity index (χ2v) is 7.63. The molecule has 1 aliphatic heterocycles. The van der Waals surface area contributed by atoms with Gasteiger partial charge in [-0.1, -0.05) is 41.4 Å². The van der Waals surface area contributed by atoms with Crippen molar-refractivity contribution in [1.29, 1.82) is 0 Å². The summed E-state index contributed by atoms with van der Waals surface area (Å²) in [6.45, 7) is 5.63. The Kier molecular flexibility index (Phi) is 5.85. The number of likely N-dealkylation sites (tertiary alicyclic amines) is 1. The molecule has 2 atom stereocenters. The van der Waals surface area contributed by atoms with E-state index in [-0.39, 0.29) is 23.7 Å². The molecule has 0 aromatic heterocycles. The molecule has 0 radical (unpaired) electrons. The number of benzene rings is 2. The SMILES string of the molecule is CCN(C)C(=O)[C@H]1CN(C(=O)c2ccc(Cl)cc2)C[C@H]1c1ccc(C)cc1. The molecule has 2 amide bonds. The van der Waals surface area contributed by atoms with E-state index in [1.54, 1.807) is 34.1 Å². The van der Waals surface area contributed by atoms with Crippen molar-refractivity contribution in [3.63, 3.8) is 0 Å². The van der Waals surface area contributed by atoms with Crippen molar-refractivity contribution in [3.05, 3.63) is 70.2 Å². The summed E-state index contributed by atoms with van der Waals surface area (Å²) in [6, 6.07) is 15.2. The average Bonchev–Trinajstić information content (AvgIpc) is 3.12. The molecule has 0 bridgehead atoms. The zero-order chi connectivity index (χ0) is 19.6. The van der Waals surface area contributed by atoms with E-state index >= 15 is 0 Å². The van der Waals surface area contributed by atoms with Crippen LogP contribution < -0.4 is 0 Å². The zero-order valence-electron chi connectivity index (χ0n) is 16.0. The number of hydrogen-bond acceptors (Lipinski definition) is 2. The summed E-state index contributed by atoms with van der Waals surface area (Å²) in [5, 5.41) is 0.600. The molecule has 1 heterocycles. The second kappa shape index (κ2) is 8.13. The lowest BCUT2D eigenvalue weighted by Gasteiger charge is -2.23. The smallest absolute Gasteiger partial charge is 0.253 e. The largest absolute Gasteiger partial charge is 0.346 e. The van der Waals surface area contributed by atoms with Crippen LogP contribution in [0.1, 0.15) is 34.3 Å². The van der Waals surface area contributed by atoms with Crippen molar-refractivity contribution in [3.8, 4) is 0 Å². The molecule has 142 valence electrons. The molecule has 5 heteroatoms. The van der Waals surface area contributed by atoms with Gasteiger partial charge in [0.2, 0.25) is 5.91 Å². The summed E-state index contributed by atoms with van der Waals surface area (Å²) in [7, 11) is 1.82. The number of carbonyl (C=O) groups excluding carboxylic acids is 2. The molecule has 1 saturated heterocycles. The Morgan fingerprint density at radius 2 is 1.70 bits per heavy atom. The van der Waals surface area contributed by atoms with Crippen molar-refractivity contribution in [2.75, 3.05) is 26.7 Å². The maximum atomic E-state index is 13.0. The van der Waals surface area contributed by atoms with Crippen LogP contribution >= 0.6 is 11.6 Å². The highest BCUT2D eigenvalue weighted by molar-refractivity contribution is 6.30. The normalized spacial score (nSPS) is 19.2. The highest BCUT2D eigenvalue weighted by atomic mass is 35.5. The van der Waals surface area contributed by atoms with Gasteiger partial charge in [-0.25, -0.2) is 0 Å². The number of carbonyl (C=O) groups is 2. The van der Waals surface area contributed by atoms with E-state index in [4.69, 9.17) is 11.6 Å². The molecule has 2 aromatic rings. The van der Waals surface area contributed by atoms with Crippen LogP contribution in [0.4, 0.5) is 0 Å². The Hall–Kier alpha value is -2.33. The molecule has 1 fully saturated rings. The van der Waals surface area contributed by atoms with E-state index in [9.17, 15) is 9.59 Å². The molecular weight excluding hydrogens is 360 g/mol. The summed E-state index contributed by atoms with van der Waals surface area (Å²) in [4.78, 5) is 29.4. The molecule has 0 spiro atoms. The van der Waals surface area contributed by atoms with Gasteiger partial charge in [-0.2, -0.15) is 0 Å². The van der Waals surface area contributed by atoms with Crippen molar-refractivity contribution < 1.29 is 9.59 Å². The summed E-state index contributed by atoms with van der Waals surface area (Å²) in [5.74, 6) is -0.190. The Bertz CT molecular complexity index is 817. The van der Waals surface area contributed by atoms with Crippen LogP contribution in [0.2, 0.25) is 5.02 Å². The number of hydrogen-bond donors (Lipinski definition) is 0. The first-order chi connectivity index (χ1) is 12.9. The molecular formula is C22H25ClN2O2. The van der Waals surface area contributed by atoms with Gasteiger partial charge in [-0.15, -0.1) is 0 Å². The van der Waals surface area contributed by atoms with Crippen molar-refractivity contribution >= 4 is 23.4 Å². The first kappa shape index (κ1) is 19.4. The average molecular weight is 385 g/mol. The van der Waals surface area contributed by atoms with Crippen LogP contribution in [0, 0.1) is 12.8 Å². The van der Waals surface area contributed by atoms with Gasteiger partial charge in [0.15, 0.2) is 0 Å². The lowest BCUT2D eigenvalue weighted by Crippen LogP contribution is -2.36. The number of amides is 2. The third-order valence-electron chi connectivity index (χ3n) is 5.37. The summed E-state index contributed by atoms with van der Waals surface area (Å²) < 4.78 is 0. The van der Waals surface area contributed by atoms with Gasteiger partial charge in [-0.05, 0) is 43.7 Å². The van der Waals surface area contributed by atoms with Gasteiger partial charge in [0.1, 0.15) is 0 Å². The minimum atomic E-state index is -0.228. The van der Waals surface area contributed by atoms with Crippen LogP contribution in [-0.2, 0) is 4.79 Å². The molecule has 1 aliphatic rings. The summed E-state index contributed by atoms with van der Waals surface area (Å²) in [6.07, 6.45) is 0. The Balaban J connectivity index is 1.88. The number of aryl methyl sites for hydroxylation is 1. The second-order valence-electron chi connectivity index (χ2n) is 7.19. The van der Waals surface area contributed by atoms with Crippen LogP contribution in [0.15, 0.2) is 48.5 Å². The van der Waals surface area contributed by atoms with Crippen molar-refractivity contribution in [2.24, 2.45) is 5.92 Å². The zero-order valence-corrected chi connectivity index (χ0v) is 16.7. The fourth-order valence-corrected chi connectivity index (χ4v) is 3.71. The summed E-state index contributed by atoms with van der Waals surface area (Å²) >= 11 is 5.93. The molecule has 0 aliphatic carbocycles. The Morgan fingerprint density at radius 3 is 2.30 bits per heavy atom. The predicted octanol–water partition coefficient (Wildman–Crippen LogP) is 3.98. The number of nitrogens with zero attached hydrogens (tertiary/aromatic N) is 2. The quantitative estimate of drug-likeness (QED) is 0.799. The van der Waals surface area contributed by atoms with E-state index in [0.29, 0.717) is 30.2 Å². The molecule has 0 saturated carbocycles. The summed E-state index contributed by atoms with van der Waals surface area (Å²) in [5.41, 5.74) is 2.88. The number of rotatable bonds is 4. The molecule has 4 nitrogen and oxygen atoms in total. The molecule has 0 N–H and O–H groups in total. The molecule has 27 heavy (non-hydrogen) atoms. The van der Waals surface area contributed by atoms with E-state index < -0.39 is 0 Å². The highest BCUT2D eigenvalue weighted by Gasteiger charge is 2.41. The van der Waals surface area contributed by atoms with Gasteiger partial charge < -0.3 is 9.80 Å². The Morgan fingerprint density at radius 1 is 1.07 bits per heavy atom.